The van der Waals surface area contributed by atoms with Crippen LogP contribution in [0.2, 0.25) is 0 Å². The van der Waals surface area contributed by atoms with Crippen molar-refractivity contribution in [3.8, 4) is 0 Å². The number of aldehydes is 1. The van der Waals surface area contributed by atoms with Crippen LogP contribution in [-0.2, 0) is 68.7 Å². The molecule has 0 aromatic heterocycles. The molecule has 1 aliphatic heterocycles. The number of ketones is 3. The van der Waals surface area contributed by atoms with E-state index in [0.717, 1.165) is 6.08 Å². The van der Waals surface area contributed by atoms with E-state index in [1.807, 2.05) is 20.8 Å². The number of hydrogen-bond acceptors (Lipinski definition) is 17. The molecule has 0 radical (unpaired) electrons. The number of alkyl halides is 2. The maximum Gasteiger partial charge on any atom is 0.408 e. The first-order valence-electron chi connectivity index (χ1n) is 31.2. The first kappa shape index (κ1) is 72.0. The van der Waals surface area contributed by atoms with Gasteiger partial charge in [0.05, 0.1) is 24.7 Å². The zero-order valence-corrected chi connectivity index (χ0v) is 52.8. The van der Waals surface area contributed by atoms with Gasteiger partial charge in [-0.3, -0.25) is 33.6 Å². The van der Waals surface area contributed by atoms with Crippen LogP contribution in [0.1, 0.15) is 139 Å². The molecule has 0 bridgehead atoms. The van der Waals surface area contributed by atoms with Gasteiger partial charge in [0.1, 0.15) is 42.9 Å². The monoisotopic (exact) mass is 1270 g/mol. The smallest absolute Gasteiger partial charge is 0.408 e. The Hall–Kier alpha value is -7.03. The Kier molecular flexibility index (Phi) is 24.3. The lowest BCUT2D eigenvalue weighted by molar-refractivity contribution is -0.217. The second kappa shape index (κ2) is 30.4. The molecule has 4 aliphatic carbocycles. The number of fused-ring (bicyclic) bond motifs is 7. The van der Waals surface area contributed by atoms with Crippen molar-refractivity contribution in [2.75, 3.05) is 25.1 Å². The van der Waals surface area contributed by atoms with Gasteiger partial charge in [0.15, 0.2) is 30.1 Å². The molecule has 4 fully saturated rings. The van der Waals surface area contributed by atoms with Crippen LogP contribution < -0.4 is 38.1 Å². The number of urea groups is 1. The number of ether oxygens (including phenoxy) is 4. The SMILES string of the molecule is CCCC1O[C@@H]2CC3[C@@H]4C[C@H](F)C5=CC(=O)C=C[C@]5(C)[C@@]4(F)[C@@H](C=O)C[C@]3(C)[C@]2(C(=O)COC(=O)[C@H](CC(C)C)NC(=O)[C@H](CO)NC(=O)OCc2ccc(NC(=O)[C@H](CCCNC(N)=O)NC(=O)[C@@H](CC(C)C(C)C(=O)[C@@H](N)CCC(=O)O)C(C)C)cc2)O1. The molecule has 3 saturated carbocycles. The van der Waals surface area contributed by atoms with Crippen LogP contribution in [0.25, 0.3) is 0 Å². The number of nitrogens with two attached hydrogens (primary N) is 2. The Morgan fingerprint density at radius 3 is 2.17 bits per heavy atom. The van der Waals surface area contributed by atoms with E-state index < -0.39 is 161 Å². The van der Waals surface area contributed by atoms with Crippen LogP contribution in [0.15, 0.2) is 48.1 Å². The van der Waals surface area contributed by atoms with Gasteiger partial charge in [-0.25, -0.2) is 23.2 Å². The van der Waals surface area contributed by atoms with Crippen LogP contribution in [0.4, 0.5) is 24.1 Å². The number of halogens is 2. The number of rotatable bonds is 32. The second-order valence-electron chi connectivity index (χ2n) is 26.2. The van der Waals surface area contributed by atoms with Crippen molar-refractivity contribution in [1.82, 2.24) is 21.3 Å². The molecule has 17 atom stereocenters. The molecule has 0 spiro atoms. The van der Waals surface area contributed by atoms with Crippen LogP contribution in [0, 0.1) is 58.2 Å². The molecule has 24 nitrogen and oxygen atoms in total. The number of benzene rings is 1. The minimum absolute atomic E-state index is 0.0211. The van der Waals surface area contributed by atoms with Crippen molar-refractivity contribution in [2.45, 2.75) is 194 Å². The quantitative estimate of drug-likeness (QED) is 0.0256. The Morgan fingerprint density at radius 2 is 1.56 bits per heavy atom. The highest BCUT2D eigenvalue weighted by atomic mass is 19.1. The summed E-state index contributed by atoms with van der Waals surface area (Å²) in [4.78, 5) is 145. The van der Waals surface area contributed by atoms with Crippen LogP contribution in [0.3, 0.4) is 0 Å². The topological polar surface area (TPSA) is 377 Å². The average Bonchev–Trinajstić information content (AvgIpc) is 1.37. The van der Waals surface area contributed by atoms with E-state index >= 15 is 8.78 Å². The van der Waals surface area contributed by atoms with E-state index in [1.165, 1.54) is 43.3 Å². The van der Waals surface area contributed by atoms with Gasteiger partial charge in [0, 0.05) is 47.2 Å². The summed E-state index contributed by atoms with van der Waals surface area (Å²) in [6.45, 7) is 13.6. The van der Waals surface area contributed by atoms with Crippen LogP contribution in [-0.4, -0.2) is 149 Å². The van der Waals surface area contributed by atoms with Crippen molar-refractivity contribution < 1.29 is 90.7 Å². The van der Waals surface area contributed by atoms with E-state index in [-0.39, 0.29) is 106 Å². The predicted octanol–water partition coefficient (Wildman–Crippen LogP) is 5.15. The largest absolute Gasteiger partial charge is 0.481 e. The summed E-state index contributed by atoms with van der Waals surface area (Å²) in [5.74, 6) is -11.1. The summed E-state index contributed by atoms with van der Waals surface area (Å²) in [6.07, 6.45) is 0.0416. The number of Topliss-reactive ketones (excluding diaryl/α,β-unsaturated/α-hetero) is 2. The van der Waals surface area contributed by atoms with Gasteiger partial charge < -0.3 is 72.0 Å². The number of carboxylic acids is 1. The second-order valence-corrected chi connectivity index (χ2v) is 26.2. The fourth-order valence-electron chi connectivity index (χ4n) is 14.3. The van der Waals surface area contributed by atoms with Gasteiger partial charge in [0.25, 0.3) is 0 Å². The molecular formula is C64H91F2N7O17. The summed E-state index contributed by atoms with van der Waals surface area (Å²) in [5, 5.41) is 32.1. The number of aliphatic hydroxyl groups excluding tert-OH is 1. The number of esters is 1. The Bertz CT molecular complexity index is 2910. The summed E-state index contributed by atoms with van der Waals surface area (Å²) in [7, 11) is 0. The normalized spacial score (nSPS) is 28.8. The van der Waals surface area contributed by atoms with Crippen molar-refractivity contribution in [1.29, 1.82) is 0 Å². The third kappa shape index (κ3) is 15.6. The predicted molar refractivity (Wildman–Crippen MR) is 321 cm³/mol. The number of carbonyl (C=O) groups is 11. The molecule has 1 aromatic rings. The van der Waals surface area contributed by atoms with Gasteiger partial charge >= 0.3 is 24.1 Å². The maximum absolute atomic E-state index is 18.3. The molecule has 498 valence electrons. The molecule has 6 amide bonds. The van der Waals surface area contributed by atoms with Crippen molar-refractivity contribution in [2.24, 2.45) is 69.6 Å². The summed E-state index contributed by atoms with van der Waals surface area (Å²) < 4.78 is 58.6. The van der Waals surface area contributed by atoms with Gasteiger partial charge in [-0.1, -0.05) is 80.0 Å². The number of hydrogen-bond donors (Lipinski definition) is 9. The van der Waals surface area contributed by atoms with Crippen LogP contribution in [0.5, 0.6) is 0 Å². The Labute approximate surface area is 523 Å². The highest BCUT2D eigenvalue weighted by molar-refractivity contribution is 6.02. The van der Waals surface area contributed by atoms with Crippen molar-refractivity contribution >= 4 is 71.1 Å². The van der Waals surface area contributed by atoms with Crippen LogP contribution >= 0.6 is 0 Å². The molecule has 1 heterocycles. The molecule has 1 saturated heterocycles. The van der Waals surface area contributed by atoms with E-state index in [1.54, 1.807) is 34.6 Å². The standard InChI is InChI=1S/C64H91F2N7O17/c1-10-12-53-89-51-27-42-43-26-45(65)44-25-40(76)20-21-61(44,8)63(43,66)38(29-74)28-62(42,9)64(51,90-53)50(77)32-87-58(84)48(23-33(2)3)72-57(83)49(30-75)73-60(86)88-31-37-14-16-39(17-15-37)70-56(82)47(13-11-22-69-59(68)85)71-55(81)41(34(4)5)24-35(6)36(7)54(80)46(67)18-19-52(78)79/h14-17,20-21,25,29,33-36,38,41-43,45-49,51,53,75H,10-13,18-19,22-24,26-28,30-32,67H2,1-9H3,(H,70,82)(H,71,81)(H,72,83)(H,73,86)(H,78,79)(H3,68,69,85)/t35?,36?,38-,41+,42?,43+,45+,46+,47+,48+,49+,51-,53?,61+,62+,63-,64-/m1/s1. The number of carbonyl (C=O) groups excluding carboxylic acids is 10. The number of anilines is 1. The highest BCUT2D eigenvalue weighted by Gasteiger charge is 2.80. The third-order valence-electron chi connectivity index (χ3n) is 19.3. The molecule has 90 heavy (non-hydrogen) atoms. The maximum atomic E-state index is 18.3. The van der Waals surface area contributed by atoms with Gasteiger partial charge in [0.2, 0.25) is 23.5 Å². The number of alkyl carbamates (subject to hydrolysis) is 1. The van der Waals surface area contributed by atoms with E-state index in [4.69, 9.17) is 35.5 Å². The minimum atomic E-state index is -2.36. The van der Waals surface area contributed by atoms with E-state index in [9.17, 15) is 57.8 Å². The lowest BCUT2D eigenvalue weighted by Crippen LogP contribution is -2.69. The third-order valence-corrected chi connectivity index (χ3v) is 19.3. The zero-order chi connectivity index (χ0) is 66.8. The summed E-state index contributed by atoms with van der Waals surface area (Å²) >= 11 is 0. The van der Waals surface area contributed by atoms with Gasteiger partial charge in [-0.05, 0) is 124 Å². The van der Waals surface area contributed by atoms with Crippen molar-refractivity contribution in [3.05, 3.63) is 53.6 Å². The number of primary amides is 1. The molecular weight excluding hydrogens is 1180 g/mol. The summed E-state index contributed by atoms with van der Waals surface area (Å²) in [5.41, 5.74) is 4.66. The highest BCUT2D eigenvalue weighted by Crippen LogP contribution is 2.73. The number of aliphatic hydroxyl groups is 1. The average molecular weight is 1270 g/mol. The van der Waals surface area contributed by atoms with E-state index in [2.05, 4.69) is 26.6 Å². The van der Waals surface area contributed by atoms with Crippen molar-refractivity contribution in [3.63, 3.8) is 0 Å². The fraction of sp³-hybridized carbons (Fsp3) is 0.672. The molecule has 11 N–H and O–H groups in total. The van der Waals surface area contributed by atoms with Gasteiger partial charge in [-0.15, -0.1) is 0 Å². The number of aliphatic carboxylic acids is 1. The first-order chi connectivity index (χ1) is 42.3. The minimum Gasteiger partial charge on any atom is -0.481 e. The molecule has 1 aromatic carbocycles. The molecule has 5 aliphatic rings. The summed E-state index contributed by atoms with van der Waals surface area (Å²) in [6, 6.07) is 0.143. The zero-order valence-electron chi connectivity index (χ0n) is 52.8. The fourth-order valence-corrected chi connectivity index (χ4v) is 14.3. The van der Waals surface area contributed by atoms with E-state index in [0.29, 0.717) is 24.7 Å². The molecule has 6 rings (SSSR count). The van der Waals surface area contributed by atoms with Gasteiger partial charge in [-0.2, -0.15) is 0 Å². The lowest BCUT2D eigenvalue weighted by atomic mass is 9.42. The first-order valence-corrected chi connectivity index (χ1v) is 31.2. The number of nitrogens with one attached hydrogen (secondary N) is 5. The number of amides is 6. The Morgan fingerprint density at radius 1 is 0.878 bits per heavy atom. The number of allylic oxidation sites excluding steroid dienone is 4. The molecule has 26 heteroatoms. The lowest BCUT2D eigenvalue weighted by Gasteiger charge is -2.63. The number of carboxylic acid groups (broad SMARTS) is 1. The Balaban J connectivity index is 1.06. The molecule has 4 unspecified atom stereocenters.